The van der Waals surface area contributed by atoms with Crippen LogP contribution in [-0.4, -0.2) is 53.5 Å². The monoisotopic (exact) mass is 426 g/mol. The second-order valence-corrected chi connectivity index (χ2v) is 8.11. The van der Waals surface area contributed by atoms with E-state index in [4.69, 9.17) is 12.2 Å². The van der Waals surface area contributed by atoms with Gasteiger partial charge >= 0.3 is 0 Å². The van der Waals surface area contributed by atoms with Gasteiger partial charge < -0.3 is 20.0 Å². The molecule has 7 heteroatoms. The van der Waals surface area contributed by atoms with Crippen molar-refractivity contribution in [3.63, 3.8) is 0 Å². The third-order valence-electron chi connectivity index (χ3n) is 6.04. The summed E-state index contributed by atoms with van der Waals surface area (Å²) in [6.07, 6.45) is 0.763. The van der Waals surface area contributed by atoms with Gasteiger partial charge in [-0.25, -0.2) is 4.39 Å². The van der Waals surface area contributed by atoms with Crippen LogP contribution in [0.4, 0.5) is 15.8 Å². The van der Waals surface area contributed by atoms with Gasteiger partial charge in [0.1, 0.15) is 5.82 Å². The summed E-state index contributed by atoms with van der Waals surface area (Å²) < 4.78 is 13.9. The van der Waals surface area contributed by atoms with Gasteiger partial charge in [0.2, 0.25) is 5.91 Å². The lowest BCUT2D eigenvalue weighted by molar-refractivity contribution is -0.138. The Morgan fingerprint density at radius 3 is 2.63 bits per heavy atom. The van der Waals surface area contributed by atoms with Crippen LogP contribution >= 0.6 is 12.2 Å². The van der Waals surface area contributed by atoms with Crippen LogP contribution in [0.1, 0.15) is 31.0 Å². The SMILES string of the molecule is CCN(CC)c1ccc(NC(=S)N2CC(=O)N3CCc4ccc(F)cc4C3C2)cc1. The molecule has 30 heavy (non-hydrogen) atoms. The van der Waals surface area contributed by atoms with Crippen LogP contribution in [0.2, 0.25) is 0 Å². The van der Waals surface area contributed by atoms with E-state index in [2.05, 4.69) is 36.2 Å². The molecule has 0 radical (unpaired) electrons. The number of rotatable bonds is 4. The number of halogens is 1. The lowest BCUT2D eigenvalue weighted by Crippen LogP contribution is -2.56. The molecule has 158 valence electrons. The van der Waals surface area contributed by atoms with Crippen LogP contribution in [0, 0.1) is 5.82 Å². The second kappa shape index (κ2) is 8.60. The molecule has 2 aromatic carbocycles. The predicted molar refractivity (Wildman–Crippen MR) is 122 cm³/mol. The van der Waals surface area contributed by atoms with Gasteiger partial charge in [-0.3, -0.25) is 4.79 Å². The third kappa shape index (κ3) is 3.99. The van der Waals surface area contributed by atoms with Crippen molar-refractivity contribution in [1.29, 1.82) is 0 Å². The summed E-state index contributed by atoms with van der Waals surface area (Å²) in [6.45, 7) is 7.65. The van der Waals surface area contributed by atoms with Crippen LogP contribution in [0.15, 0.2) is 42.5 Å². The van der Waals surface area contributed by atoms with E-state index in [0.717, 1.165) is 36.3 Å². The fraction of sp³-hybridized carbons (Fsp3) is 0.391. The highest BCUT2D eigenvalue weighted by atomic mass is 32.1. The zero-order valence-electron chi connectivity index (χ0n) is 17.4. The van der Waals surface area contributed by atoms with E-state index in [1.807, 2.05) is 28.0 Å². The molecule has 0 spiro atoms. The van der Waals surface area contributed by atoms with Crippen LogP contribution in [-0.2, 0) is 11.2 Å². The molecular formula is C23H27FN4OS. The van der Waals surface area contributed by atoms with Crippen molar-refractivity contribution < 1.29 is 9.18 Å². The summed E-state index contributed by atoms with van der Waals surface area (Å²) in [4.78, 5) is 18.8. The van der Waals surface area contributed by atoms with Crippen LogP contribution in [0.5, 0.6) is 0 Å². The second-order valence-electron chi connectivity index (χ2n) is 7.73. The summed E-state index contributed by atoms with van der Waals surface area (Å²) >= 11 is 5.62. The minimum absolute atomic E-state index is 0.0298. The first-order valence-corrected chi connectivity index (χ1v) is 10.9. The lowest BCUT2D eigenvalue weighted by atomic mass is 9.90. The third-order valence-corrected chi connectivity index (χ3v) is 6.40. The number of carbonyl (C=O) groups excluding carboxylic acids is 1. The number of nitrogens with one attached hydrogen (secondary N) is 1. The Labute approximate surface area is 182 Å². The number of piperazine rings is 1. The number of fused-ring (bicyclic) bond motifs is 3. The molecule has 1 unspecified atom stereocenters. The largest absolute Gasteiger partial charge is 0.372 e. The number of benzene rings is 2. The highest BCUT2D eigenvalue weighted by Crippen LogP contribution is 2.33. The molecule has 0 aliphatic carbocycles. The van der Waals surface area contributed by atoms with E-state index in [-0.39, 0.29) is 24.3 Å². The van der Waals surface area contributed by atoms with Crippen LogP contribution < -0.4 is 10.2 Å². The Bertz CT molecular complexity index is 945. The number of thiocarbonyl (C=S) groups is 1. The first-order chi connectivity index (χ1) is 14.5. The van der Waals surface area contributed by atoms with Crippen LogP contribution in [0.3, 0.4) is 0 Å². The molecular weight excluding hydrogens is 399 g/mol. The Morgan fingerprint density at radius 1 is 1.20 bits per heavy atom. The number of carbonyl (C=O) groups is 1. The molecule has 2 aliphatic heterocycles. The minimum atomic E-state index is -0.269. The fourth-order valence-corrected chi connectivity index (χ4v) is 4.65. The normalized spacial score (nSPS) is 18.0. The van der Waals surface area contributed by atoms with Gasteiger partial charge in [0.15, 0.2) is 5.11 Å². The van der Waals surface area contributed by atoms with E-state index >= 15 is 0 Å². The number of hydrogen-bond donors (Lipinski definition) is 1. The summed E-state index contributed by atoms with van der Waals surface area (Å²) in [5.41, 5.74) is 4.06. The van der Waals surface area contributed by atoms with Gasteiger partial charge in [0.05, 0.1) is 12.6 Å². The molecule has 0 aromatic heterocycles. The molecule has 2 aromatic rings. The Hall–Kier alpha value is -2.67. The molecule has 1 N–H and O–H groups in total. The van der Waals surface area contributed by atoms with E-state index in [1.165, 1.54) is 11.8 Å². The van der Waals surface area contributed by atoms with Crippen LogP contribution in [0.25, 0.3) is 0 Å². The highest BCUT2D eigenvalue weighted by Gasteiger charge is 2.37. The maximum Gasteiger partial charge on any atom is 0.242 e. The maximum absolute atomic E-state index is 13.9. The fourth-order valence-electron chi connectivity index (χ4n) is 4.39. The van der Waals surface area contributed by atoms with E-state index in [9.17, 15) is 9.18 Å². The molecule has 1 atom stereocenters. The van der Waals surface area contributed by atoms with E-state index in [0.29, 0.717) is 18.2 Å². The smallest absolute Gasteiger partial charge is 0.242 e. The van der Waals surface area contributed by atoms with Gasteiger partial charge in [-0.1, -0.05) is 6.07 Å². The summed E-state index contributed by atoms with van der Waals surface area (Å²) in [5.74, 6) is -0.239. The number of hydrogen-bond acceptors (Lipinski definition) is 3. The first-order valence-electron chi connectivity index (χ1n) is 10.5. The topological polar surface area (TPSA) is 38.8 Å². The lowest BCUT2D eigenvalue weighted by Gasteiger charge is -2.45. The average Bonchev–Trinajstić information content (AvgIpc) is 2.75. The van der Waals surface area contributed by atoms with Crippen molar-refractivity contribution in [2.45, 2.75) is 26.3 Å². The van der Waals surface area contributed by atoms with Gasteiger partial charge in [-0.05, 0) is 80.0 Å². The number of amides is 1. The van der Waals surface area contributed by atoms with Crippen molar-refractivity contribution in [2.24, 2.45) is 0 Å². The molecule has 2 aliphatic rings. The Balaban J connectivity index is 1.48. The molecule has 4 rings (SSSR count). The van der Waals surface area contributed by atoms with Crippen molar-refractivity contribution in [3.8, 4) is 0 Å². The summed E-state index contributed by atoms with van der Waals surface area (Å²) in [6, 6.07) is 12.9. The van der Waals surface area contributed by atoms with Gasteiger partial charge in [-0.2, -0.15) is 0 Å². The highest BCUT2D eigenvalue weighted by molar-refractivity contribution is 7.80. The molecule has 1 saturated heterocycles. The zero-order chi connectivity index (χ0) is 21.3. The standard InChI is InChI=1S/C23H27FN4OS/c1-3-26(4-2)19-9-7-18(8-10-19)25-23(30)27-14-21-20-13-17(24)6-5-16(20)11-12-28(21)22(29)15-27/h5-10,13,21H,3-4,11-12,14-15H2,1-2H3,(H,25,30). The molecule has 1 fully saturated rings. The average molecular weight is 427 g/mol. The minimum Gasteiger partial charge on any atom is -0.372 e. The molecule has 0 saturated carbocycles. The molecule has 1 amide bonds. The molecule has 2 heterocycles. The molecule has 5 nitrogen and oxygen atoms in total. The van der Waals surface area contributed by atoms with Crippen molar-refractivity contribution in [3.05, 3.63) is 59.4 Å². The van der Waals surface area contributed by atoms with Gasteiger partial charge in [-0.15, -0.1) is 0 Å². The predicted octanol–water partition coefficient (Wildman–Crippen LogP) is 3.81. The summed E-state index contributed by atoms with van der Waals surface area (Å²) in [7, 11) is 0. The van der Waals surface area contributed by atoms with Gasteiger partial charge in [0.25, 0.3) is 0 Å². The number of anilines is 2. The number of nitrogens with zero attached hydrogens (tertiary/aromatic N) is 3. The zero-order valence-corrected chi connectivity index (χ0v) is 18.2. The van der Waals surface area contributed by atoms with Crippen molar-refractivity contribution in [1.82, 2.24) is 9.80 Å². The van der Waals surface area contributed by atoms with Gasteiger partial charge in [0, 0.05) is 37.6 Å². The van der Waals surface area contributed by atoms with Crippen molar-refractivity contribution >= 4 is 34.6 Å². The Kier molecular flexibility index (Phi) is 5.90. The molecule has 0 bridgehead atoms. The maximum atomic E-state index is 13.9. The van der Waals surface area contributed by atoms with E-state index in [1.54, 1.807) is 6.07 Å². The quantitative estimate of drug-likeness (QED) is 0.753. The Morgan fingerprint density at radius 2 is 1.93 bits per heavy atom. The van der Waals surface area contributed by atoms with Crippen molar-refractivity contribution in [2.75, 3.05) is 42.9 Å². The first kappa shape index (κ1) is 20.6. The van der Waals surface area contributed by atoms with E-state index < -0.39 is 0 Å². The summed E-state index contributed by atoms with van der Waals surface area (Å²) in [5, 5.41) is 3.78.